The average molecular weight is 695 g/mol. The molecule has 3 aliphatic heterocycles. The van der Waals surface area contributed by atoms with E-state index in [0.29, 0.717) is 61.8 Å². The molecule has 0 bridgehead atoms. The first-order chi connectivity index (χ1) is 24.5. The van der Waals surface area contributed by atoms with E-state index in [-0.39, 0.29) is 42.8 Å². The third kappa shape index (κ3) is 7.30. The molecular formula is C40H46N4O7. The standard InChI is InChI=1S/C40H46N4O7/c1-40(2,3)51-39(48)42-17-15-31(27-8-5-7-25(19-27)26-9-10-28-22-41-37(46)32(28)20-26)33(23-42)38(47)44(29-11-12-29)30-13-14-35-34(21-30)43(16-6-18-49-4)36(45)24-50-35/h5,7-10,13-14,19-21,29,31,33H,6,11-12,15-18,22-24H2,1-4H3,(H,41,46)/t31-,33+/m1/s1. The van der Waals surface area contributed by atoms with Gasteiger partial charge in [-0.2, -0.15) is 0 Å². The lowest BCUT2D eigenvalue weighted by Crippen LogP contribution is -2.51. The molecule has 3 heterocycles. The maximum atomic E-state index is 15.0. The summed E-state index contributed by atoms with van der Waals surface area (Å²) in [6, 6.07) is 19.8. The van der Waals surface area contributed by atoms with Gasteiger partial charge in [-0.1, -0.05) is 36.4 Å². The molecule has 2 atom stereocenters. The highest BCUT2D eigenvalue weighted by Gasteiger charge is 2.44. The molecule has 11 heteroatoms. The summed E-state index contributed by atoms with van der Waals surface area (Å²) in [6.07, 6.45) is 2.54. The molecular weight excluding hydrogens is 648 g/mol. The molecule has 2 fully saturated rings. The zero-order chi connectivity index (χ0) is 35.9. The Morgan fingerprint density at radius 3 is 2.57 bits per heavy atom. The van der Waals surface area contributed by atoms with Gasteiger partial charge in [-0.15, -0.1) is 0 Å². The second-order valence-corrected chi connectivity index (χ2v) is 14.9. The van der Waals surface area contributed by atoms with Gasteiger partial charge in [0.15, 0.2) is 6.61 Å². The zero-order valence-corrected chi connectivity index (χ0v) is 29.8. The summed E-state index contributed by atoms with van der Waals surface area (Å²) in [5.41, 5.74) is 5.24. The number of ether oxygens (including phenoxy) is 3. The van der Waals surface area contributed by atoms with Gasteiger partial charge in [0.2, 0.25) is 5.91 Å². The fourth-order valence-electron chi connectivity index (χ4n) is 7.42. The highest BCUT2D eigenvalue weighted by atomic mass is 16.6. The summed E-state index contributed by atoms with van der Waals surface area (Å²) >= 11 is 0. The Balaban J connectivity index is 1.23. The topological polar surface area (TPSA) is 118 Å². The van der Waals surface area contributed by atoms with Crippen LogP contribution in [-0.2, 0) is 25.6 Å². The van der Waals surface area contributed by atoms with Crippen molar-refractivity contribution in [1.82, 2.24) is 10.2 Å². The van der Waals surface area contributed by atoms with Gasteiger partial charge < -0.3 is 34.2 Å². The summed E-state index contributed by atoms with van der Waals surface area (Å²) in [4.78, 5) is 59.1. The maximum Gasteiger partial charge on any atom is 0.410 e. The third-order valence-electron chi connectivity index (χ3n) is 10.1. The van der Waals surface area contributed by atoms with Crippen LogP contribution in [0.1, 0.15) is 73.9 Å². The minimum Gasteiger partial charge on any atom is -0.482 e. The Morgan fingerprint density at radius 2 is 1.80 bits per heavy atom. The molecule has 1 aliphatic carbocycles. The fourth-order valence-corrected chi connectivity index (χ4v) is 7.42. The molecule has 7 rings (SSSR count). The van der Waals surface area contributed by atoms with Crippen LogP contribution in [0.4, 0.5) is 16.2 Å². The molecule has 3 aromatic carbocycles. The first kappa shape index (κ1) is 34.5. The number of nitrogens with one attached hydrogen (secondary N) is 1. The highest BCUT2D eigenvalue weighted by molar-refractivity contribution is 6.02. The predicted octanol–water partition coefficient (Wildman–Crippen LogP) is 5.90. The van der Waals surface area contributed by atoms with Gasteiger partial charge in [0.05, 0.1) is 11.6 Å². The van der Waals surface area contributed by atoms with Crippen LogP contribution in [0.2, 0.25) is 0 Å². The van der Waals surface area contributed by atoms with Crippen molar-refractivity contribution in [2.75, 3.05) is 49.8 Å². The molecule has 0 unspecified atom stereocenters. The normalized spacial score (nSPS) is 19.9. The lowest BCUT2D eigenvalue weighted by Gasteiger charge is -2.41. The summed E-state index contributed by atoms with van der Waals surface area (Å²) < 4.78 is 16.8. The Hall–Kier alpha value is -4.90. The zero-order valence-electron chi connectivity index (χ0n) is 29.8. The van der Waals surface area contributed by atoms with E-state index >= 15 is 4.79 Å². The molecule has 0 aromatic heterocycles. The molecule has 3 aromatic rings. The average Bonchev–Trinajstić information content (AvgIpc) is 3.89. The van der Waals surface area contributed by atoms with Crippen molar-refractivity contribution >= 4 is 35.2 Å². The van der Waals surface area contributed by atoms with E-state index in [1.54, 1.807) is 16.9 Å². The Labute approximate surface area is 298 Å². The van der Waals surface area contributed by atoms with Crippen molar-refractivity contribution in [1.29, 1.82) is 0 Å². The third-order valence-corrected chi connectivity index (χ3v) is 10.1. The molecule has 4 aliphatic rings. The van der Waals surface area contributed by atoms with Crippen LogP contribution in [0.15, 0.2) is 60.7 Å². The monoisotopic (exact) mass is 694 g/mol. The van der Waals surface area contributed by atoms with Gasteiger partial charge in [-0.3, -0.25) is 14.4 Å². The van der Waals surface area contributed by atoms with Crippen LogP contribution in [0, 0.1) is 5.92 Å². The molecule has 0 spiro atoms. The van der Waals surface area contributed by atoms with Crippen molar-refractivity contribution in [3.63, 3.8) is 0 Å². The summed E-state index contributed by atoms with van der Waals surface area (Å²) in [7, 11) is 1.64. The van der Waals surface area contributed by atoms with Crippen molar-refractivity contribution in [2.45, 2.75) is 70.6 Å². The predicted molar refractivity (Wildman–Crippen MR) is 193 cm³/mol. The van der Waals surface area contributed by atoms with Gasteiger partial charge in [0.25, 0.3) is 11.8 Å². The number of piperidine rings is 1. The van der Waals surface area contributed by atoms with Crippen LogP contribution in [-0.4, -0.2) is 80.3 Å². The highest BCUT2D eigenvalue weighted by Crippen LogP contribution is 2.43. The summed E-state index contributed by atoms with van der Waals surface area (Å²) in [5, 5.41) is 2.89. The molecule has 51 heavy (non-hydrogen) atoms. The lowest BCUT2D eigenvalue weighted by molar-refractivity contribution is -0.124. The molecule has 11 nitrogen and oxygen atoms in total. The quantitative estimate of drug-likeness (QED) is 0.278. The van der Waals surface area contributed by atoms with Gasteiger partial charge in [-0.25, -0.2) is 4.79 Å². The number of rotatable bonds is 9. The van der Waals surface area contributed by atoms with Crippen molar-refractivity contribution in [3.8, 4) is 16.9 Å². The maximum absolute atomic E-state index is 15.0. The van der Waals surface area contributed by atoms with E-state index in [9.17, 15) is 14.4 Å². The van der Waals surface area contributed by atoms with Crippen LogP contribution in [0.3, 0.4) is 0 Å². The Kier molecular flexibility index (Phi) is 9.50. The lowest BCUT2D eigenvalue weighted by atomic mass is 9.78. The molecule has 1 saturated heterocycles. The largest absolute Gasteiger partial charge is 0.482 e. The number of fused-ring (bicyclic) bond motifs is 2. The molecule has 268 valence electrons. The van der Waals surface area contributed by atoms with Crippen molar-refractivity contribution in [2.24, 2.45) is 5.92 Å². The van der Waals surface area contributed by atoms with E-state index in [1.807, 2.05) is 74.2 Å². The molecule has 1 saturated carbocycles. The van der Waals surface area contributed by atoms with Crippen molar-refractivity contribution in [3.05, 3.63) is 77.4 Å². The number of anilines is 2. The minimum atomic E-state index is -0.674. The van der Waals surface area contributed by atoms with Crippen LogP contribution in [0.25, 0.3) is 11.1 Å². The summed E-state index contributed by atoms with van der Waals surface area (Å²) in [6.45, 7) is 7.67. The minimum absolute atomic E-state index is 0.0131. The number of carbonyl (C=O) groups is 4. The fraction of sp³-hybridized carbons (Fsp3) is 0.450. The number of benzene rings is 3. The van der Waals surface area contributed by atoms with Crippen LogP contribution < -0.4 is 19.9 Å². The van der Waals surface area contributed by atoms with Gasteiger partial charge >= 0.3 is 6.09 Å². The number of hydrogen-bond donors (Lipinski definition) is 1. The number of hydrogen-bond acceptors (Lipinski definition) is 7. The first-order valence-corrected chi connectivity index (χ1v) is 17.9. The van der Waals surface area contributed by atoms with Crippen LogP contribution >= 0.6 is 0 Å². The number of likely N-dealkylation sites (tertiary alicyclic amines) is 1. The SMILES string of the molecule is COCCCN1C(=O)COc2ccc(N(C(=O)[C@H]3CN(C(=O)OC(C)(C)C)CC[C@@H]3c3cccc(-c4ccc5c(c4)C(=O)NC5)c3)C3CC3)cc21. The molecule has 1 N–H and O–H groups in total. The first-order valence-electron chi connectivity index (χ1n) is 17.9. The van der Waals surface area contributed by atoms with E-state index in [4.69, 9.17) is 14.2 Å². The van der Waals surface area contributed by atoms with Gasteiger partial charge in [-0.05, 0) is 98.9 Å². The molecule has 0 radical (unpaired) electrons. The smallest absolute Gasteiger partial charge is 0.410 e. The van der Waals surface area contributed by atoms with Crippen LogP contribution in [0.5, 0.6) is 5.75 Å². The Bertz CT molecular complexity index is 1850. The number of methoxy groups -OCH3 is 1. The summed E-state index contributed by atoms with van der Waals surface area (Å²) in [5.74, 6) is -0.401. The van der Waals surface area contributed by atoms with E-state index in [2.05, 4.69) is 17.4 Å². The number of amides is 4. The van der Waals surface area contributed by atoms with E-state index in [0.717, 1.165) is 35.1 Å². The second-order valence-electron chi connectivity index (χ2n) is 14.9. The van der Waals surface area contributed by atoms with E-state index in [1.165, 1.54) is 0 Å². The van der Waals surface area contributed by atoms with E-state index < -0.39 is 17.6 Å². The Morgan fingerprint density at radius 1 is 1.00 bits per heavy atom. The number of carbonyl (C=O) groups excluding carboxylic acids is 4. The van der Waals surface area contributed by atoms with Crippen molar-refractivity contribution < 1.29 is 33.4 Å². The second kappa shape index (κ2) is 14.0. The number of nitrogens with zero attached hydrogens (tertiary/aromatic N) is 3. The van der Waals surface area contributed by atoms with Gasteiger partial charge in [0, 0.05) is 57.2 Å². The molecule has 4 amide bonds. The van der Waals surface area contributed by atoms with Gasteiger partial charge in [0.1, 0.15) is 11.4 Å².